The summed E-state index contributed by atoms with van der Waals surface area (Å²) in [5.41, 5.74) is 0.799. The highest BCUT2D eigenvalue weighted by Crippen LogP contribution is 2.16. The van der Waals surface area contributed by atoms with Crippen molar-refractivity contribution in [1.82, 2.24) is 19.9 Å². The lowest BCUT2D eigenvalue weighted by atomic mass is 10.4. The van der Waals surface area contributed by atoms with Gasteiger partial charge >= 0.3 is 5.97 Å². The van der Waals surface area contributed by atoms with Crippen molar-refractivity contribution >= 4 is 17.7 Å². The van der Waals surface area contributed by atoms with E-state index < -0.39 is 5.97 Å². The Kier molecular flexibility index (Phi) is 3.43. The molecular formula is C9H10N4O3S. The number of carboxylic acids is 1. The Balaban J connectivity index is 2.06. The van der Waals surface area contributed by atoms with Crippen LogP contribution in [0.5, 0.6) is 0 Å². The van der Waals surface area contributed by atoms with Crippen LogP contribution < -0.4 is 0 Å². The monoisotopic (exact) mass is 254 g/mol. The zero-order chi connectivity index (χ0) is 12.3. The summed E-state index contributed by atoms with van der Waals surface area (Å²) in [6.45, 7) is 2.27. The van der Waals surface area contributed by atoms with E-state index in [0.717, 1.165) is 17.5 Å². The number of thioether (sulfide) groups is 1. The summed E-state index contributed by atoms with van der Waals surface area (Å²) >= 11 is 1.12. The Morgan fingerprint density at radius 1 is 1.65 bits per heavy atom. The summed E-state index contributed by atoms with van der Waals surface area (Å²) in [5, 5.41) is 20.5. The van der Waals surface area contributed by atoms with Crippen LogP contribution in [0.15, 0.2) is 22.1 Å². The number of hydrogen-bond donors (Lipinski definition) is 1. The number of aliphatic carboxylic acids is 1. The van der Waals surface area contributed by atoms with Gasteiger partial charge in [0.25, 0.3) is 0 Å². The molecule has 17 heavy (non-hydrogen) atoms. The van der Waals surface area contributed by atoms with Crippen LogP contribution in [0.2, 0.25) is 0 Å². The van der Waals surface area contributed by atoms with Gasteiger partial charge in [0.15, 0.2) is 10.9 Å². The molecule has 7 nitrogen and oxygen atoms in total. The molecule has 0 bridgehead atoms. The Labute approximate surface area is 101 Å². The molecule has 2 aromatic heterocycles. The van der Waals surface area contributed by atoms with E-state index in [0.29, 0.717) is 17.5 Å². The highest BCUT2D eigenvalue weighted by atomic mass is 32.2. The first kappa shape index (κ1) is 11.6. The van der Waals surface area contributed by atoms with Crippen LogP contribution in [0.4, 0.5) is 0 Å². The molecular weight excluding hydrogens is 244 g/mol. The van der Waals surface area contributed by atoms with Crippen molar-refractivity contribution in [2.45, 2.75) is 18.6 Å². The molecule has 2 rings (SSSR count). The number of aromatic nitrogens is 4. The standard InChI is InChI=1S/C9H10N4O3S/c1-6-2-7(16-12-6)3-13-5-10-11-9(13)17-4-8(14)15/h2,5H,3-4H2,1H3,(H,14,15). The fourth-order valence-electron chi connectivity index (χ4n) is 1.25. The molecule has 2 heterocycles. The maximum absolute atomic E-state index is 10.5. The molecule has 0 radical (unpaired) electrons. The van der Waals surface area contributed by atoms with Crippen LogP contribution in [0.1, 0.15) is 11.5 Å². The molecule has 0 aliphatic heterocycles. The zero-order valence-corrected chi connectivity index (χ0v) is 9.85. The Morgan fingerprint density at radius 2 is 2.47 bits per heavy atom. The minimum atomic E-state index is -0.889. The Morgan fingerprint density at radius 3 is 3.12 bits per heavy atom. The number of carbonyl (C=O) groups is 1. The lowest BCUT2D eigenvalue weighted by Crippen LogP contribution is -2.03. The van der Waals surface area contributed by atoms with Gasteiger partial charge in [-0.3, -0.25) is 4.79 Å². The Bertz CT molecular complexity index is 522. The van der Waals surface area contributed by atoms with E-state index in [-0.39, 0.29) is 5.75 Å². The average Bonchev–Trinajstić information content (AvgIpc) is 2.86. The third-order valence-corrected chi connectivity index (χ3v) is 2.87. The van der Waals surface area contributed by atoms with Crippen molar-refractivity contribution in [3.05, 3.63) is 23.8 Å². The second-order valence-corrected chi connectivity index (χ2v) is 4.30. The van der Waals surface area contributed by atoms with E-state index in [9.17, 15) is 4.79 Å². The Hall–Kier alpha value is -1.83. The first-order chi connectivity index (χ1) is 8.15. The fourth-order valence-corrected chi connectivity index (χ4v) is 1.88. The normalized spacial score (nSPS) is 10.6. The molecule has 2 aromatic rings. The topological polar surface area (TPSA) is 94.0 Å². The maximum atomic E-state index is 10.5. The van der Waals surface area contributed by atoms with Crippen molar-refractivity contribution < 1.29 is 14.4 Å². The van der Waals surface area contributed by atoms with Crippen molar-refractivity contribution in [2.24, 2.45) is 0 Å². The average molecular weight is 254 g/mol. The smallest absolute Gasteiger partial charge is 0.313 e. The van der Waals surface area contributed by atoms with Crippen molar-refractivity contribution in [3.8, 4) is 0 Å². The van der Waals surface area contributed by atoms with Gasteiger partial charge in [-0.25, -0.2) is 0 Å². The van der Waals surface area contributed by atoms with Crippen LogP contribution in [-0.4, -0.2) is 36.7 Å². The second-order valence-electron chi connectivity index (χ2n) is 3.36. The van der Waals surface area contributed by atoms with Gasteiger partial charge in [-0.2, -0.15) is 0 Å². The predicted octanol–water partition coefficient (Wildman–Crippen LogP) is 0.800. The maximum Gasteiger partial charge on any atom is 0.313 e. The van der Waals surface area contributed by atoms with E-state index in [1.54, 1.807) is 4.57 Å². The minimum absolute atomic E-state index is 0.0475. The lowest BCUT2D eigenvalue weighted by molar-refractivity contribution is -0.133. The van der Waals surface area contributed by atoms with E-state index in [2.05, 4.69) is 15.4 Å². The first-order valence-electron chi connectivity index (χ1n) is 4.80. The van der Waals surface area contributed by atoms with Gasteiger partial charge in [0.05, 0.1) is 18.0 Å². The van der Waals surface area contributed by atoms with E-state index in [4.69, 9.17) is 9.63 Å². The highest BCUT2D eigenvalue weighted by Gasteiger charge is 2.10. The molecule has 0 atom stereocenters. The van der Waals surface area contributed by atoms with Gasteiger partial charge in [0.1, 0.15) is 6.33 Å². The molecule has 0 aliphatic carbocycles. The third kappa shape index (κ3) is 3.06. The SMILES string of the molecule is Cc1cc(Cn2cnnc2SCC(=O)O)on1. The summed E-state index contributed by atoms with van der Waals surface area (Å²) in [5.74, 6) is -0.256. The van der Waals surface area contributed by atoms with Crippen molar-refractivity contribution in [2.75, 3.05) is 5.75 Å². The molecule has 0 unspecified atom stereocenters. The number of nitrogens with zero attached hydrogens (tertiary/aromatic N) is 4. The molecule has 0 fully saturated rings. The fraction of sp³-hybridized carbons (Fsp3) is 0.333. The molecule has 0 aromatic carbocycles. The number of aryl methyl sites for hydroxylation is 1. The first-order valence-corrected chi connectivity index (χ1v) is 5.78. The molecule has 1 N–H and O–H groups in total. The lowest BCUT2D eigenvalue weighted by Gasteiger charge is -2.01. The number of hydrogen-bond acceptors (Lipinski definition) is 6. The second kappa shape index (κ2) is 5.00. The molecule has 0 saturated carbocycles. The van der Waals surface area contributed by atoms with Crippen LogP contribution in [-0.2, 0) is 11.3 Å². The molecule has 0 saturated heterocycles. The van der Waals surface area contributed by atoms with Crippen LogP contribution >= 0.6 is 11.8 Å². The van der Waals surface area contributed by atoms with Crippen LogP contribution in [0.25, 0.3) is 0 Å². The number of carboxylic acid groups (broad SMARTS) is 1. The highest BCUT2D eigenvalue weighted by molar-refractivity contribution is 7.99. The summed E-state index contributed by atoms with van der Waals surface area (Å²) in [4.78, 5) is 10.5. The summed E-state index contributed by atoms with van der Waals surface area (Å²) in [7, 11) is 0. The van der Waals surface area contributed by atoms with E-state index >= 15 is 0 Å². The molecule has 0 spiro atoms. The molecule has 90 valence electrons. The summed E-state index contributed by atoms with van der Waals surface area (Å²) < 4.78 is 6.78. The molecule has 8 heteroatoms. The van der Waals surface area contributed by atoms with E-state index in [1.165, 1.54) is 6.33 Å². The van der Waals surface area contributed by atoms with Crippen LogP contribution in [0.3, 0.4) is 0 Å². The third-order valence-electron chi connectivity index (χ3n) is 1.91. The van der Waals surface area contributed by atoms with Crippen molar-refractivity contribution in [3.63, 3.8) is 0 Å². The summed E-state index contributed by atoms with van der Waals surface area (Å²) in [6.07, 6.45) is 1.53. The zero-order valence-electron chi connectivity index (χ0n) is 9.03. The van der Waals surface area contributed by atoms with Gasteiger partial charge in [-0.05, 0) is 6.92 Å². The molecule has 0 aliphatic rings. The predicted molar refractivity (Wildman–Crippen MR) is 58.7 cm³/mol. The summed E-state index contributed by atoms with van der Waals surface area (Å²) in [6, 6.07) is 1.81. The molecule has 0 amide bonds. The number of rotatable bonds is 5. The van der Waals surface area contributed by atoms with E-state index in [1.807, 2.05) is 13.0 Å². The van der Waals surface area contributed by atoms with Gasteiger partial charge in [0.2, 0.25) is 0 Å². The largest absolute Gasteiger partial charge is 0.481 e. The van der Waals surface area contributed by atoms with Gasteiger partial charge < -0.3 is 14.2 Å². The van der Waals surface area contributed by atoms with Gasteiger partial charge in [-0.1, -0.05) is 16.9 Å². The van der Waals surface area contributed by atoms with Gasteiger partial charge in [0, 0.05) is 6.07 Å². The quantitative estimate of drug-likeness (QED) is 0.788. The van der Waals surface area contributed by atoms with Crippen molar-refractivity contribution in [1.29, 1.82) is 0 Å². The minimum Gasteiger partial charge on any atom is -0.481 e. The van der Waals surface area contributed by atoms with Gasteiger partial charge in [-0.15, -0.1) is 10.2 Å². The van der Waals surface area contributed by atoms with Crippen LogP contribution in [0, 0.1) is 6.92 Å².